The van der Waals surface area contributed by atoms with Gasteiger partial charge in [-0.1, -0.05) is 0 Å². The van der Waals surface area contributed by atoms with Crippen molar-refractivity contribution < 1.29 is 4.74 Å². The normalized spacial score (nSPS) is 60.9. The van der Waals surface area contributed by atoms with Gasteiger partial charge in [0.2, 0.25) is 0 Å². The molecule has 4 aliphatic carbocycles. The summed E-state index contributed by atoms with van der Waals surface area (Å²) < 4.78 is 5.65. The van der Waals surface area contributed by atoms with Gasteiger partial charge in [-0.15, -0.1) is 10.2 Å². The van der Waals surface area contributed by atoms with Crippen LogP contribution < -0.4 is 0 Å². The molecule has 4 fully saturated rings. The van der Waals surface area contributed by atoms with Crippen LogP contribution in [0.15, 0.2) is 10.2 Å². The number of halogens is 1. The van der Waals surface area contributed by atoms with Crippen LogP contribution in [0.5, 0.6) is 0 Å². The fourth-order valence-electron chi connectivity index (χ4n) is 3.44. The third-order valence-electron chi connectivity index (χ3n) is 3.93. The molecule has 1 heterocycles. The molecular formula is C8H9ClN2O. The maximum atomic E-state index is 5.84. The summed E-state index contributed by atoms with van der Waals surface area (Å²) in [6.07, 6.45) is 3.12. The molecule has 5 rings (SSSR count). The Morgan fingerprint density at radius 1 is 1.25 bits per heavy atom. The van der Waals surface area contributed by atoms with Gasteiger partial charge in [0.15, 0.2) is 0 Å². The first-order chi connectivity index (χ1) is 5.77. The largest absolute Gasteiger partial charge is 0.375 e. The Balaban J connectivity index is 1.57. The lowest BCUT2D eigenvalue weighted by molar-refractivity contribution is -0.0149. The SMILES string of the molecule is ClC1(O[C@H]2C3CC4C2[C@@H]4C3)N=N1. The molecule has 1 aliphatic heterocycles. The van der Waals surface area contributed by atoms with E-state index in [2.05, 4.69) is 10.2 Å². The van der Waals surface area contributed by atoms with Gasteiger partial charge in [-0.05, 0) is 48.1 Å². The van der Waals surface area contributed by atoms with Crippen molar-refractivity contribution in [2.75, 3.05) is 0 Å². The van der Waals surface area contributed by atoms with Crippen LogP contribution in [0.3, 0.4) is 0 Å². The average molecular weight is 185 g/mol. The van der Waals surface area contributed by atoms with Gasteiger partial charge in [-0.3, -0.25) is 0 Å². The van der Waals surface area contributed by atoms with E-state index in [1.54, 1.807) is 0 Å². The molecular weight excluding hydrogens is 176 g/mol. The summed E-state index contributed by atoms with van der Waals surface area (Å²) in [5.41, 5.74) is 0. The van der Waals surface area contributed by atoms with Gasteiger partial charge >= 0.3 is 5.31 Å². The molecule has 0 aromatic carbocycles. The minimum atomic E-state index is -0.949. The molecule has 0 amide bonds. The highest BCUT2D eigenvalue weighted by molar-refractivity contribution is 6.23. The number of hydrogen-bond acceptors (Lipinski definition) is 3. The average Bonchev–Trinajstić information content (AvgIpc) is 2.75. The van der Waals surface area contributed by atoms with Gasteiger partial charge in [0, 0.05) is 0 Å². The second-order valence-electron chi connectivity index (χ2n) is 4.45. The molecule has 4 saturated carbocycles. The summed E-state index contributed by atoms with van der Waals surface area (Å²) in [7, 11) is 0. The van der Waals surface area contributed by atoms with E-state index in [9.17, 15) is 0 Å². The zero-order valence-corrected chi connectivity index (χ0v) is 7.24. The quantitative estimate of drug-likeness (QED) is 0.477. The molecule has 0 N–H and O–H groups in total. The number of hydrogen-bond donors (Lipinski definition) is 0. The Morgan fingerprint density at radius 2 is 1.92 bits per heavy atom. The minimum Gasteiger partial charge on any atom is -0.316 e. The third-order valence-corrected chi connectivity index (χ3v) is 4.18. The molecule has 12 heavy (non-hydrogen) atoms. The van der Waals surface area contributed by atoms with Crippen LogP contribution in [0, 0.1) is 23.7 Å². The molecule has 4 heteroatoms. The van der Waals surface area contributed by atoms with Gasteiger partial charge in [0.25, 0.3) is 0 Å². The lowest BCUT2D eigenvalue weighted by atomic mass is 10.1. The van der Waals surface area contributed by atoms with Crippen molar-refractivity contribution in [2.24, 2.45) is 33.9 Å². The number of ether oxygens (including phenoxy) is 1. The Morgan fingerprint density at radius 3 is 2.33 bits per heavy atom. The van der Waals surface area contributed by atoms with Crippen molar-refractivity contribution >= 4 is 11.6 Å². The summed E-state index contributed by atoms with van der Waals surface area (Å²) in [6.45, 7) is 0. The first kappa shape index (κ1) is 6.33. The summed E-state index contributed by atoms with van der Waals surface area (Å²) in [5, 5.41) is 6.39. The molecule has 3 nitrogen and oxygen atoms in total. The molecule has 3 unspecified atom stereocenters. The standard InChI is InChI=1S/C8H9ClN2O/c9-8(10-11-8)12-7-3-1-4-5(2-3)6(4)7/h3-7H,1-2H2/t3?,4-,5?,6?,7+/m1/s1. The van der Waals surface area contributed by atoms with Crippen molar-refractivity contribution in [3.63, 3.8) is 0 Å². The smallest absolute Gasteiger partial charge is 0.316 e. The van der Waals surface area contributed by atoms with Crippen LogP contribution in [-0.4, -0.2) is 11.4 Å². The second-order valence-corrected chi connectivity index (χ2v) is 4.94. The van der Waals surface area contributed by atoms with E-state index in [0.29, 0.717) is 6.10 Å². The highest BCUT2D eigenvalue weighted by Gasteiger charge is 2.70. The van der Waals surface area contributed by atoms with Crippen molar-refractivity contribution in [1.82, 2.24) is 0 Å². The zero-order valence-electron chi connectivity index (χ0n) is 6.48. The van der Waals surface area contributed by atoms with Crippen LogP contribution >= 0.6 is 11.6 Å². The van der Waals surface area contributed by atoms with Gasteiger partial charge in [0.1, 0.15) is 0 Å². The van der Waals surface area contributed by atoms with Gasteiger partial charge in [0.05, 0.1) is 6.10 Å². The first-order valence-corrected chi connectivity index (χ1v) is 4.95. The predicted molar refractivity (Wildman–Crippen MR) is 41.5 cm³/mol. The van der Waals surface area contributed by atoms with Gasteiger partial charge in [-0.2, -0.15) is 0 Å². The summed E-state index contributed by atoms with van der Waals surface area (Å²) >= 11 is 5.84. The second kappa shape index (κ2) is 1.58. The Kier molecular flexibility index (Phi) is 0.830. The molecule has 4 bridgehead atoms. The Hall–Kier alpha value is -0.150. The molecule has 64 valence electrons. The summed E-state index contributed by atoms with van der Waals surface area (Å²) in [5.74, 6) is 3.53. The predicted octanol–water partition coefficient (Wildman–Crippen LogP) is 1.97. The van der Waals surface area contributed by atoms with Crippen molar-refractivity contribution in [1.29, 1.82) is 0 Å². The fourth-order valence-corrected chi connectivity index (χ4v) is 3.58. The van der Waals surface area contributed by atoms with E-state index < -0.39 is 5.31 Å². The molecule has 5 aliphatic rings. The molecule has 0 spiro atoms. The van der Waals surface area contributed by atoms with Crippen LogP contribution in [0.25, 0.3) is 0 Å². The molecule has 0 aromatic heterocycles. The third kappa shape index (κ3) is 0.600. The van der Waals surface area contributed by atoms with Crippen LogP contribution in [0.2, 0.25) is 0 Å². The lowest BCUT2D eigenvalue weighted by Crippen LogP contribution is -2.23. The number of rotatable bonds is 2. The van der Waals surface area contributed by atoms with Gasteiger partial charge in [-0.25, -0.2) is 0 Å². The van der Waals surface area contributed by atoms with Crippen molar-refractivity contribution in [2.45, 2.75) is 24.3 Å². The van der Waals surface area contributed by atoms with E-state index in [1.165, 1.54) is 12.8 Å². The lowest BCUT2D eigenvalue weighted by Gasteiger charge is -2.16. The van der Waals surface area contributed by atoms with Crippen molar-refractivity contribution in [3.8, 4) is 0 Å². The van der Waals surface area contributed by atoms with E-state index in [-0.39, 0.29) is 0 Å². The topological polar surface area (TPSA) is 34.0 Å². The Bertz CT molecular complexity index is 273. The van der Waals surface area contributed by atoms with Crippen molar-refractivity contribution in [3.05, 3.63) is 0 Å². The Labute approximate surface area is 75.1 Å². The van der Waals surface area contributed by atoms with E-state index >= 15 is 0 Å². The summed E-state index contributed by atoms with van der Waals surface area (Å²) in [4.78, 5) is 0. The minimum absolute atomic E-state index is 0.382. The first-order valence-electron chi connectivity index (χ1n) is 4.58. The van der Waals surface area contributed by atoms with E-state index in [0.717, 1.165) is 23.7 Å². The van der Waals surface area contributed by atoms with E-state index in [1.807, 2.05) is 0 Å². The molecule has 5 atom stereocenters. The van der Waals surface area contributed by atoms with E-state index in [4.69, 9.17) is 16.3 Å². The zero-order chi connectivity index (χ0) is 7.92. The highest BCUT2D eigenvalue weighted by atomic mass is 35.5. The molecule has 0 saturated heterocycles. The number of alkyl halides is 1. The number of nitrogens with zero attached hydrogens (tertiary/aromatic N) is 2. The highest BCUT2D eigenvalue weighted by Crippen LogP contribution is 2.72. The fraction of sp³-hybridized carbons (Fsp3) is 1.00. The monoisotopic (exact) mass is 184 g/mol. The van der Waals surface area contributed by atoms with Crippen LogP contribution in [0.1, 0.15) is 12.8 Å². The molecule has 0 aromatic rings. The maximum absolute atomic E-state index is 5.84. The van der Waals surface area contributed by atoms with Crippen LogP contribution in [0.4, 0.5) is 0 Å². The van der Waals surface area contributed by atoms with Crippen LogP contribution in [-0.2, 0) is 4.74 Å². The van der Waals surface area contributed by atoms with Gasteiger partial charge < -0.3 is 4.74 Å². The maximum Gasteiger partial charge on any atom is 0.375 e. The summed E-state index contributed by atoms with van der Waals surface area (Å²) in [6, 6.07) is 0. The molecule has 0 radical (unpaired) electrons.